The Morgan fingerprint density at radius 1 is 1.09 bits per heavy atom. The van der Waals surface area contributed by atoms with Crippen molar-refractivity contribution in [2.75, 3.05) is 5.73 Å². The second-order valence-corrected chi connectivity index (χ2v) is 5.54. The summed E-state index contributed by atoms with van der Waals surface area (Å²) in [7, 11) is 0. The number of aliphatic hydroxyl groups is 1. The maximum absolute atomic E-state index is 10.5. The van der Waals surface area contributed by atoms with Crippen molar-refractivity contribution < 1.29 is 22.1 Å². The van der Waals surface area contributed by atoms with Gasteiger partial charge in [0.15, 0.2) is 0 Å². The SMILES string of the molecule is CCCn1c(N)[n+](CC(O)c2ccccc2)c2ccccc21.[Cl-]. The minimum Gasteiger partial charge on any atom is -1.00 e. The van der Waals surface area contributed by atoms with Crippen LogP contribution in [0.25, 0.3) is 11.0 Å². The van der Waals surface area contributed by atoms with Gasteiger partial charge >= 0.3 is 5.95 Å². The van der Waals surface area contributed by atoms with E-state index in [4.69, 9.17) is 5.73 Å². The van der Waals surface area contributed by atoms with E-state index >= 15 is 0 Å². The van der Waals surface area contributed by atoms with Gasteiger partial charge < -0.3 is 17.5 Å². The molecule has 1 aromatic heterocycles. The molecule has 0 fully saturated rings. The molecule has 1 unspecified atom stereocenters. The van der Waals surface area contributed by atoms with Crippen molar-refractivity contribution >= 4 is 17.0 Å². The van der Waals surface area contributed by atoms with Gasteiger partial charge in [-0.1, -0.05) is 49.4 Å². The molecule has 23 heavy (non-hydrogen) atoms. The average Bonchev–Trinajstić information content (AvgIpc) is 2.82. The minimum absolute atomic E-state index is 0. The van der Waals surface area contributed by atoms with E-state index in [0.29, 0.717) is 12.5 Å². The van der Waals surface area contributed by atoms with Crippen molar-refractivity contribution in [1.82, 2.24) is 4.57 Å². The van der Waals surface area contributed by atoms with Gasteiger partial charge in [0.05, 0.1) is 6.54 Å². The summed E-state index contributed by atoms with van der Waals surface area (Å²) < 4.78 is 4.12. The number of nitrogens with two attached hydrogens (primary N) is 1. The van der Waals surface area contributed by atoms with E-state index in [2.05, 4.69) is 23.6 Å². The normalized spacial score (nSPS) is 12.1. The number of aliphatic hydroxyl groups excluding tert-OH is 1. The molecule has 2 aromatic carbocycles. The monoisotopic (exact) mass is 331 g/mol. The molecule has 3 N–H and O–H groups in total. The molecule has 122 valence electrons. The van der Waals surface area contributed by atoms with Crippen LogP contribution in [0.2, 0.25) is 0 Å². The molecule has 0 radical (unpaired) electrons. The van der Waals surface area contributed by atoms with Crippen molar-refractivity contribution in [3.63, 3.8) is 0 Å². The van der Waals surface area contributed by atoms with Crippen LogP contribution in [-0.4, -0.2) is 9.67 Å². The lowest BCUT2D eigenvalue weighted by Crippen LogP contribution is -3.00. The summed E-state index contributed by atoms with van der Waals surface area (Å²) in [5.41, 5.74) is 9.42. The van der Waals surface area contributed by atoms with Crippen LogP contribution in [-0.2, 0) is 13.1 Å². The number of anilines is 1. The summed E-state index contributed by atoms with van der Waals surface area (Å²) in [6, 6.07) is 17.8. The molecule has 0 amide bonds. The molecule has 1 atom stereocenters. The number of imidazole rings is 1. The van der Waals surface area contributed by atoms with Crippen molar-refractivity contribution in [3.05, 3.63) is 60.2 Å². The molecule has 0 aliphatic heterocycles. The summed E-state index contributed by atoms with van der Waals surface area (Å²) in [4.78, 5) is 0. The lowest BCUT2D eigenvalue weighted by Gasteiger charge is -2.10. The van der Waals surface area contributed by atoms with Crippen molar-refractivity contribution in [1.29, 1.82) is 0 Å². The van der Waals surface area contributed by atoms with Crippen LogP contribution in [0, 0.1) is 0 Å². The standard InChI is InChI=1S/C18H21N3O.ClH/c1-2-12-20-15-10-6-7-11-16(15)21(18(20)19)13-17(22)14-8-4-3-5-9-14;/h3-11,17,19,22H,2,12-13H2,1H3;1H. The molecule has 3 aromatic rings. The number of benzene rings is 2. The predicted octanol–water partition coefficient (Wildman–Crippen LogP) is -0.341. The summed E-state index contributed by atoms with van der Waals surface area (Å²) in [5, 5.41) is 10.5. The summed E-state index contributed by atoms with van der Waals surface area (Å²) in [6.07, 6.45) is 0.443. The third kappa shape index (κ3) is 3.33. The van der Waals surface area contributed by atoms with Crippen LogP contribution in [0.1, 0.15) is 25.0 Å². The number of aromatic nitrogens is 2. The molecule has 4 nitrogen and oxygen atoms in total. The Morgan fingerprint density at radius 3 is 2.43 bits per heavy atom. The van der Waals surface area contributed by atoms with Crippen molar-refractivity contribution in [2.45, 2.75) is 32.5 Å². The van der Waals surface area contributed by atoms with E-state index in [1.54, 1.807) is 0 Å². The summed E-state index contributed by atoms with van der Waals surface area (Å²) in [5.74, 6) is 0.693. The lowest BCUT2D eigenvalue weighted by molar-refractivity contribution is -0.666. The molecule has 1 heterocycles. The zero-order chi connectivity index (χ0) is 15.5. The van der Waals surface area contributed by atoms with Crippen LogP contribution in [0.5, 0.6) is 0 Å². The second-order valence-electron chi connectivity index (χ2n) is 5.54. The molecule has 0 bridgehead atoms. The highest BCUT2D eigenvalue weighted by atomic mass is 35.5. The van der Waals surface area contributed by atoms with Crippen molar-refractivity contribution in [3.8, 4) is 0 Å². The van der Waals surface area contributed by atoms with Gasteiger partial charge in [-0.3, -0.25) is 5.73 Å². The Bertz CT molecular complexity index is 771. The van der Waals surface area contributed by atoms with Crippen LogP contribution in [0.3, 0.4) is 0 Å². The fourth-order valence-electron chi connectivity index (χ4n) is 2.92. The number of hydrogen-bond acceptors (Lipinski definition) is 2. The van der Waals surface area contributed by atoms with Gasteiger partial charge in [0.25, 0.3) is 0 Å². The second kappa shape index (κ2) is 7.49. The number of fused-ring (bicyclic) bond motifs is 1. The Kier molecular flexibility index (Phi) is 5.64. The Labute approximate surface area is 142 Å². The number of rotatable bonds is 5. The highest BCUT2D eigenvalue weighted by Gasteiger charge is 2.22. The number of nitrogen functional groups attached to an aromatic ring is 1. The van der Waals surface area contributed by atoms with E-state index < -0.39 is 6.10 Å². The van der Waals surface area contributed by atoms with Crippen LogP contribution >= 0.6 is 0 Å². The molecule has 0 aliphatic rings. The smallest absolute Gasteiger partial charge is 0.356 e. The third-order valence-electron chi connectivity index (χ3n) is 4.00. The number of aryl methyl sites for hydroxylation is 1. The molecule has 0 saturated carbocycles. The van der Waals surface area contributed by atoms with Gasteiger partial charge in [-0.25, -0.2) is 9.13 Å². The molecular weight excluding hydrogens is 310 g/mol. The van der Waals surface area contributed by atoms with Crippen LogP contribution in [0.4, 0.5) is 5.95 Å². The molecule has 0 saturated heterocycles. The first-order chi connectivity index (χ1) is 10.7. The fraction of sp³-hybridized carbons (Fsp3) is 0.278. The molecule has 0 aliphatic carbocycles. The van der Waals surface area contributed by atoms with E-state index in [-0.39, 0.29) is 12.4 Å². The molecule has 5 heteroatoms. The topological polar surface area (TPSA) is 55.1 Å². The van der Waals surface area contributed by atoms with E-state index in [0.717, 1.165) is 29.6 Å². The predicted molar refractivity (Wildman–Crippen MR) is 88.2 cm³/mol. The largest absolute Gasteiger partial charge is 1.00 e. The first-order valence-electron chi connectivity index (χ1n) is 7.72. The van der Waals surface area contributed by atoms with Crippen LogP contribution < -0.4 is 22.7 Å². The number of hydrogen-bond donors (Lipinski definition) is 2. The highest BCUT2D eigenvalue weighted by molar-refractivity contribution is 5.73. The minimum atomic E-state index is -0.575. The summed E-state index contributed by atoms with van der Waals surface area (Å²) >= 11 is 0. The maximum Gasteiger partial charge on any atom is 0.356 e. The fourth-order valence-corrected chi connectivity index (χ4v) is 2.92. The van der Waals surface area contributed by atoms with Crippen molar-refractivity contribution in [2.24, 2.45) is 0 Å². The Balaban J connectivity index is 0.00000192. The van der Waals surface area contributed by atoms with Gasteiger partial charge in [0.1, 0.15) is 23.7 Å². The molecule has 0 spiro atoms. The zero-order valence-corrected chi connectivity index (χ0v) is 13.9. The number of nitrogens with zero attached hydrogens (tertiary/aromatic N) is 2. The van der Waals surface area contributed by atoms with Gasteiger partial charge in [0.2, 0.25) is 0 Å². The quantitative estimate of drug-likeness (QED) is 0.628. The van der Waals surface area contributed by atoms with E-state index in [9.17, 15) is 5.11 Å². The zero-order valence-electron chi connectivity index (χ0n) is 13.2. The maximum atomic E-state index is 10.5. The first-order valence-corrected chi connectivity index (χ1v) is 7.72. The Morgan fingerprint density at radius 2 is 1.74 bits per heavy atom. The van der Waals surface area contributed by atoms with Crippen LogP contribution in [0.15, 0.2) is 54.6 Å². The van der Waals surface area contributed by atoms with Gasteiger partial charge in [-0.2, -0.15) is 0 Å². The van der Waals surface area contributed by atoms with E-state index in [1.807, 2.05) is 47.0 Å². The first kappa shape index (κ1) is 17.3. The number of halogens is 1. The lowest BCUT2D eigenvalue weighted by atomic mass is 10.1. The molecule has 3 rings (SSSR count). The highest BCUT2D eigenvalue weighted by Crippen LogP contribution is 2.19. The average molecular weight is 332 g/mol. The van der Waals surface area contributed by atoms with E-state index in [1.165, 1.54) is 0 Å². The van der Waals surface area contributed by atoms with Gasteiger partial charge in [-0.15, -0.1) is 0 Å². The Hall–Kier alpha value is -2.04. The van der Waals surface area contributed by atoms with Gasteiger partial charge in [0, 0.05) is 0 Å². The summed E-state index contributed by atoms with van der Waals surface area (Å²) in [6.45, 7) is 3.46. The van der Waals surface area contributed by atoms with Gasteiger partial charge in [-0.05, 0) is 24.1 Å². The third-order valence-corrected chi connectivity index (χ3v) is 4.00. The number of para-hydroxylation sites is 2. The molecular formula is C18H22ClN3O.